The third kappa shape index (κ3) is 4.42. The van der Waals surface area contributed by atoms with Gasteiger partial charge in [0.05, 0.1) is 12.7 Å². The van der Waals surface area contributed by atoms with Crippen molar-refractivity contribution in [3.8, 4) is 5.75 Å². The van der Waals surface area contributed by atoms with Crippen LogP contribution in [0.4, 0.5) is 4.79 Å². The molecular weight excluding hydrogens is 326 g/mol. The minimum atomic E-state index is -1.23. The average Bonchev–Trinajstić information content (AvgIpc) is 2.92. The van der Waals surface area contributed by atoms with Gasteiger partial charge in [0.1, 0.15) is 24.6 Å². The Hall–Kier alpha value is -1.83. The zero-order valence-electron chi connectivity index (χ0n) is 14.5. The second kappa shape index (κ2) is 7.19. The first kappa shape index (κ1) is 18.0. The van der Waals surface area contributed by atoms with Crippen molar-refractivity contribution in [2.45, 2.75) is 44.2 Å². The third-order valence-corrected chi connectivity index (χ3v) is 4.65. The van der Waals surface area contributed by atoms with Crippen LogP contribution in [0.5, 0.6) is 5.75 Å². The highest BCUT2D eigenvalue weighted by Crippen LogP contribution is 2.30. The lowest BCUT2D eigenvalue weighted by atomic mass is 9.87. The van der Waals surface area contributed by atoms with Gasteiger partial charge in [-0.2, -0.15) is 0 Å². The first-order valence-electron chi connectivity index (χ1n) is 8.52. The van der Waals surface area contributed by atoms with Gasteiger partial charge in [0.25, 0.3) is 0 Å². The highest BCUT2D eigenvalue weighted by Gasteiger charge is 2.33. The van der Waals surface area contributed by atoms with Crippen molar-refractivity contribution in [1.82, 2.24) is 4.90 Å². The molecule has 138 valence electrons. The molecule has 1 amide bonds. The van der Waals surface area contributed by atoms with E-state index in [-0.39, 0.29) is 18.6 Å². The van der Waals surface area contributed by atoms with E-state index in [0.29, 0.717) is 26.2 Å². The summed E-state index contributed by atoms with van der Waals surface area (Å²) in [6.45, 7) is 5.12. The maximum absolute atomic E-state index is 10.9. The molecule has 0 aliphatic carbocycles. The Bertz CT molecular complexity index is 602. The van der Waals surface area contributed by atoms with Gasteiger partial charge in [-0.05, 0) is 38.0 Å². The number of carbonyl (C=O) groups is 1. The van der Waals surface area contributed by atoms with E-state index >= 15 is 0 Å². The van der Waals surface area contributed by atoms with Gasteiger partial charge in [-0.1, -0.05) is 12.1 Å². The van der Waals surface area contributed by atoms with Crippen molar-refractivity contribution in [3.05, 3.63) is 29.8 Å². The standard InChI is InChI=1S/C18H25NO6/c1-18(2)24-11-14(25-18)10-23-13-5-3-12(4-6-13)15-7-8-19(17(21)22)9-16(15)20/h3-6,14-16,20H,7-11H2,1-2H3,(H,21,22)/p-1. The molecule has 25 heavy (non-hydrogen) atoms. The first-order chi connectivity index (χ1) is 11.8. The summed E-state index contributed by atoms with van der Waals surface area (Å²) >= 11 is 0. The number of likely N-dealkylation sites (tertiary alicyclic amines) is 1. The Morgan fingerprint density at radius 3 is 2.68 bits per heavy atom. The molecule has 0 saturated carbocycles. The summed E-state index contributed by atoms with van der Waals surface area (Å²) < 4.78 is 16.9. The molecule has 0 aromatic heterocycles. The molecule has 1 aromatic carbocycles. The Kier molecular flexibility index (Phi) is 5.17. The first-order valence-corrected chi connectivity index (χ1v) is 8.52. The molecule has 3 unspecified atom stereocenters. The molecule has 2 aliphatic rings. The van der Waals surface area contributed by atoms with Crippen LogP contribution in [-0.2, 0) is 9.47 Å². The van der Waals surface area contributed by atoms with Gasteiger partial charge in [0.15, 0.2) is 5.79 Å². The molecule has 2 fully saturated rings. The van der Waals surface area contributed by atoms with Gasteiger partial charge in [-0.25, -0.2) is 0 Å². The summed E-state index contributed by atoms with van der Waals surface area (Å²) in [5, 5.41) is 21.1. The monoisotopic (exact) mass is 350 g/mol. The second-order valence-corrected chi connectivity index (χ2v) is 7.01. The molecule has 1 N–H and O–H groups in total. The number of benzene rings is 1. The van der Waals surface area contributed by atoms with E-state index < -0.39 is 18.0 Å². The van der Waals surface area contributed by atoms with Gasteiger partial charge < -0.3 is 34.1 Å². The van der Waals surface area contributed by atoms with Gasteiger partial charge in [-0.15, -0.1) is 0 Å². The zero-order chi connectivity index (χ0) is 18.0. The summed E-state index contributed by atoms with van der Waals surface area (Å²) in [5.41, 5.74) is 0.972. The number of nitrogens with zero attached hydrogens (tertiary/aromatic N) is 1. The molecule has 0 spiro atoms. The van der Waals surface area contributed by atoms with Crippen molar-refractivity contribution >= 4 is 6.09 Å². The van der Waals surface area contributed by atoms with Crippen LogP contribution < -0.4 is 9.84 Å². The van der Waals surface area contributed by atoms with Crippen molar-refractivity contribution in [3.63, 3.8) is 0 Å². The van der Waals surface area contributed by atoms with E-state index in [9.17, 15) is 15.0 Å². The van der Waals surface area contributed by atoms with E-state index in [2.05, 4.69) is 0 Å². The molecule has 7 heteroatoms. The van der Waals surface area contributed by atoms with Crippen LogP contribution in [0.25, 0.3) is 0 Å². The van der Waals surface area contributed by atoms with Crippen LogP contribution in [-0.4, -0.2) is 60.4 Å². The predicted molar refractivity (Wildman–Crippen MR) is 87.2 cm³/mol. The van der Waals surface area contributed by atoms with Crippen LogP contribution >= 0.6 is 0 Å². The molecule has 3 atom stereocenters. The number of β-amino-alcohol motifs (C(OH)–C–C–N with tert-alkyl or cyclic N) is 1. The van der Waals surface area contributed by atoms with E-state index in [0.717, 1.165) is 16.2 Å². The predicted octanol–water partition coefficient (Wildman–Crippen LogP) is 0.710. The topological polar surface area (TPSA) is 91.3 Å². The SMILES string of the molecule is CC1(C)OCC(COc2ccc(C3CCN(C(=O)[O-])CC3O)cc2)O1. The van der Waals surface area contributed by atoms with Gasteiger partial charge in [0.2, 0.25) is 0 Å². The van der Waals surface area contributed by atoms with E-state index in [1.807, 2.05) is 38.1 Å². The molecule has 0 radical (unpaired) electrons. The Morgan fingerprint density at radius 1 is 1.40 bits per heavy atom. The zero-order valence-corrected chi connectivity index (χ0v) is 14.5. The summed E-state index contributed by atoms with van der Waals surface area (Å²) in [7, 11) is 0. The third-order valence-electron chi connectivity index (χ3n) is 4.65. The highest BCUT2D eigenvalue weighted by atomic mass is 16.7. The largest absolute Gasteiger partial charge is 0.530 e. The number of carboxylic acid groups (broad SMARTS) is 1. The number of hydrogen-bond acceptors (Lipinski definition) is 6. The van der Waals surface area contributed by atoms with Crippen molar-refractivity contribution in [2.75, 3.05) is 26.3 Å². The van der Waals surface area contributed by atoms with Crippen molar-refractivity contribution in [2.24, 2.45) is 0 Å². The number of rotatable bonds is 4. The van der Waals surface area contributed by atoms with Crippen LogP contribution in [0.1, 0.15) is 31.7 Å². The normalized spacial score (nSPS) is 28.8. The number of hydrogen-bond donors (Lipinski definition) is 1. The smallest absolute Gasteiger partial charge is 0.163 e. The number of carbonyl (C=O) groups excluding carboxylic acids is 1. The summed E-state index contributed by atoms with van der Waals surface area (Å²) in [4.78, 5) is 12.0. The Labute approximate surface area is 147 Å². The van der Waals surface area contributed by atoms with Gasteiger partial charge >= 0.3 is 0 Å². The van der Waals surface area contributed by atoms with Crippen molar-refractivity contribution in [1.29, 1.82) is 0 Å². The molecule has 2 heterocycles. The fourth-order valence-electron chi connectivity index (χ4n) is 3.33. The van der Waals surface area contributed by atoms with Crippen LogP contribution in [0, 0.1) is 0 Å². The lowest BCUT2D eigenvalue weighted by Crippen LogP contribution is -2.50. The quantitative estimate of drug-likeness (QED) is 0.860. The maximum atomic E-state index is 10.9. The Morgan fingerprint density at radius 2 is 2.12 bits per heavy atom. The summed E-state index contributed by atoms with van der Waals surface area (Å²) in [6.07, 6.45) is -1.49. The van der Waals surface area contributed by atoms with Crippen molar-refractivity contribution < 1.29 is 29.2 Å². The molecule has 2 saturated heterocycles. The lowest BCUT2D eigenvalue weighted by molar-refractivity contribution is -0.268. The molecule has 1 aromatic rings. The fourth-order valence-corrected chi connectivity index (χ4v) is 3.33. The second-order valence-electron chi connectivity index (χ2n) is 7.01. The van der Waals surface area contributed by atoms with E-state index in [4.69, 9.17) is 14.2 Å². The van der Waals surface area contributed by atoms with Crippen LogP contribution in [0.2, 0.25) is 0 Å². The Balaban J connectivity index is 1.53. The number of amides is 1. The molecule has 0 bridgehead atoms. The number of piperidine rings is 1. The average molecular weight is 350 g/mol. The van der Waals surface area contributed by atoms with Gasteiger partial charge in [-0.3, -0.25) is 0 Å². The molecule has 7 nitrogen and oxygen atoms in total. The number of aliphatic hydroxyl groups is 1. The number of ether oxygens (including phenoxy) is 3. The highest BCUT2D eigenvalue weighted by molar-refractivity contribution is 5.62. The van der Waals surface area contributed by atoms with E-state index in [1.54, 1.807) is 0 Å². The summed E-state index contributed by atoms with van der Waals surface area (Å²) in [6, 6.07) is 7.53. The molecular formula is C18H24NO6-. The van der Waals surface area contributed by atoms with Crippen LogP contribution in [0.15, 0.2) is 24.3 Å². The fraction of sp³-hybridized carbons (Fsp3) is 0.611. The molecule has 2 aliphatic heterocycles. The molecule has 3 rings (SSSR count). The lowest BCUT2D eigenvalue weighted by Gasteiger charge is -2.37. The minimum Gasteiger partial charge on any atom is -0.530 e. The number of aliphatic hydroxyl groups excluding tert-OH is 1. The van der Waals surface area contributed by atoms with Crippen LogP contribution in [0.3, 0.4) is 0 Å². The maximum Gasteiger partial charge on any atom is 0.163 e. The summed E-state index contributed by atoms with van der Waals surface area (Å²) in [5.74, 6) is 0.0738. The minimum absolute atomic E-state index is 0.0834. The van der Waals surface area contributed by atoms with E-state index in [1.165, 1.54) is 0 Å². The van der Waals surface area contributed by atoms with Gasteiger partial charge in [0, 0.05) is 19.0 Å².